The van der Waals surface area contributed by atoms with Crippen LogP contribution in [0.4, 0.5) is 5.13 Å². The number of benzene rings is 3. The number of aromatic nitrogens is 1. The second-order valence-corrected chi connectivity index (χ2v) is 9.92. The van der Waals surface area contributed by atoms with E-state index in [0.717, 1.165) is 64.9 Å². The van der Waals surface area contributed by atoms with Gasteiger partial charge in [0.05, 0.1) is 17.2 Å². The molecule has 186 valence electrons. The number of rotatable bonds is 9. The van der Waals surface area contributed by atoms with Gasteiger partial charge in [-0.2, -0.15) is 0 Å². The third kappa shape index (κ3) is 5.53. The topological polar surface area (TPSA) is 57.7 Å². The van der Waals surface area contributed by atoms with Crippen molar-refractivity contribution in [3.8, 4) is 5.75 Å². The predicted molar refractivity (Wildman–Crippen MR) is 147 cm³/mol. The Morgan fingerprint density at radius 1 is 0.944 bits per heavy atom. The zero-order valence-corrected chi connectivity index (χ0v) is 21.4. The molecule has 6 nitrogen and oxygen atoms in total. The van der Waals surface area contributed by atoms with Gasteiger partial charge in [-0.1, -0.05) is 78.1 Å². The minimum atomic E-state index is -0.301. The number of thiazole rings is 1. The summed E-state index contributed by atoms with van der Waals surface area (Å²) in [6.45, 7) is 7.85. The number of carbonyl (C=O) groups excluding carboxylic acids is 1. The maximum atomic E-state index is 13.2. The second-order valence-electron chi connectivity index (χ2n) is 8.91. The van der Waals surface area contributed by atoms with Crippen molar-refractivity contribution in [3.63, 3.8) is 0 Å². The molecule has 0 unspecified atom stereocenters. The van der Waals surface area contributed by atoms with Crippen molar-refractivity contribution in [2.45, 2.75) is 12.8 Å². The van der Waals surface area contributed by atoms with Gasteiger partial charge < -0.3 is 15.0 Å². The number of amides is 1. The van der Waals surface area contributed by atoms with Crippen LogP contribution in [0.3, 0.4) is 0 Å². The fourth-order valence-electron chi connectivity index (χ4n) is 4.71. The Hall–Kier alpha value is -3.42. The first kappa shape index (κ1) is 24.3. The van der Waals surface area contributed by atoms with E-state index in [0.29, 0.717) is 13.2 Å². The van der Waals surface area contributed by atoms with E-state index in [1.165, 1.54) is 0 Å². The molecule has 4 aromatic rings. The SMILES string of the molecule is CCOc1cccc2sc(N3CCN(CCNC(=O)C(c4ccccc4)c4ccccc4)CC3)nc12. The van der Waals surface area contributed by atoms with E-state index in [1.54, 1.807) is 11.3 Å². The molecular weight excluding hydrogens is 468 g/mol. The van der Waals surface area contributed by atoms with E-state index < -0.39 is 0 Å². The summed E-state index contributed by atoms with van der Waals surface area (Å²) in [5.74, 6) is 0.603. The maximum absolute atomic E-state index is 13.2. The molecule has 5 rings (SSSR count). The summed E-state index contributed by atoms with van der Waals surface area (Å²) in [5.41, 5.74) is 2.98. The van der Waals surface area contributed by atoms with Gasteiger partial charge in [0.2, 0.25) is 5.91 Å². The van der Waals surface area contributed by atoms with E-state index in [9.17, 15) is 4.79 Å². The molecule has 1 N–H and O–H groups in total. The van der Waals surface area contributed by atoms with Gasteiger partial charge in [-0.25, -0.2) is 4.98 Å². The first-order valence-electron chi connectivity index (χ1n) is 12.6. The van der Waals surface area contributed by atoms with Crippen LogP contribution in [0.5, 0.6) is 5.75 Å². The summed E-state index contributed by atoms with van der Waals surface area (Å²) in [5, 5.41) is 4.24. The van der Waals surface area contributed by atoms with E-state index in [-0.39, 0.29) is 11.8 Å². The lowest BCUT2D eigenvalue weighted by molar-refractivity contribution is -0.121. The van der Waals surface area contributed by atoms with E-state index in [1.807, 2.05) is 79.7 Å². The number of carbonyl (C=O) groups is 1. The van der Waals surface area contributed by atoms with Crippen LogP contribution in [0, 0.1) is 0 Å². The molecule has 1 aromatic heterocycles. The zero-order chi connectivity index (χ0) is 24.7. The fraction of sp³-hybridized carbons (Fsp3) is 0.310. The molecule has 1 saturated heterocycles. The van der Waals surface area contributed by atoms with Crippen LogP contribution in [0.1, 0.15) is 24.0 Å². The summed E-state index contributed by atoms with van der Waals surface area (Å²) >= 11 is 1.73. The molecule has 1 aliphatic heterocycles. The number of anilines is 1. The highest BCUT2D eigenvalue weighted by molar-refractivity contribution is 7.22. The van der Waals surface area contributed by atoms with Crippen LogP contribution in [-0.2, 0) is 4.79 Å². The fourth-order valence-corrected chi connectivity index (χ4v) is 5.74. The van der Waals surface area contributed by atoms with E-state index in [4.69, 9.17) is 9.72 Å². The number of hydrogen-bond donors (Lipinski definition) is 1. The number of piperazine rings is 1. The molecule has 1 amide bonds. The normalized spacial score (nSPS) is 14.3. The van der Waals surface area contributed by atoms with Crippen LogP contribution >= 0.6 is 11.3 Å². The van der Waals surface area contributed by atoms with Crippen LogP contribution in [0.15, 0.2) is 78.9 Å². The van der Waals surface area contributed by atoms with Crippen molar-refractivity contribution in [3.05, 3.63) is 90.0 Å². The summed E-state index contributed by atoms with van der Waals surface area (Å²) in [7, 11) is 0. The van der Waals surface area contributed by atoms with Crippen LogP contribution in [-0.4, -0.2) is 61.7 Å². The smallest absolute Gasteiger partial charge is 0.232 e. The monoisotopic (exact) mass is 500 g/mol. The van der Waals surface area contributed by atoms with Gasteiger partial charge in [-0.15, -0.1) is 0 Å². The Labute approximate surface area is 216 Å². The van der Waals surface area contributed by atoms with Crippen LogP contribution < -0.4 is 15.0 Å². The van der Waals surface area contributed by atoms with Crippen molar-refractivity contribution in [2.24, 2.45) is 0 Å². The average Bonchev–Trinajstić information content (AvgIpc) is 3.36. The lowest BCUT2D eigenvalue weighted by atomic mass is 9.90. The highest BCUT2D eigenvalue weighted by Gasteiger charge is 2.24. The number of para-hydroxylation sites is 1. The van der Waals surface area contributed by atoms with Gasteiger partial charge in [0.15, 0.2) is 5.13 Å². The van der Waals surface area contributed by atoms with Crippen molar-refractivity contribution in [1.82, 2.24) is 15.2 Å². The highest BCUT2D eigenvalue weighted by Crippen LogP contribution is 2.34. The summed E-state index contributed by atoms with van der Waals surface area (Å²) < 4.78 is 6.92. The van der Waals surface area contributed by atoms with E-state index in [2.05, 4.69) is 21.2 Å². The molecule has 1 fully saturated rings. The molecule has 0 saturated carbocycles. The Balaban J connectivity index is 1.15. The minimum absolute atomic E-state index is 0.0469. The molecule has 3 aromatic carbocycles. The zero-order valence-electron chi connectivity index (χ0n) is 20.6. The van der Waals surface area contributed by atoms with Gasteiger partial charge in [0.25, 0.3) is 0 Å². The molecule has 0 radical (unpaired) electrons. The van der Waals surface area contributed by atoms with Gasteiger partial charge in [-0.05, 0) is 30.2 Å². The summed E-state index contributed by atoms with van der Waals surface area (Å²) in [4.78, 5) is 22.9. The average molecular weight is 501 g/mol. The molecule has 0 atom stereocenters. The van der Waals surface area contributed by atoms with Gasteiger partial charge >= 0.3 is 0 Å². The Bertz CT molecular complexity index is 1230. The Kier molecular flexibility index (Phi) is 7.79. The van der Waals surface area contributed by atoms with Crippen LogP contribution in [0.25, 0.3) is 10.2 Å². The lowest BCUT2D eigenvalue weighted by Gasteiger charge is -2.34. The largest absolute Gasteiger partial charge is 0.492 e. The summed E-state index contributed by atoms with van der Waals surface area (Å²) in [6.07, 6.45) is 0. The number of ether oxygens (including phenoxy) is 1. The summed E-state index contributed by atoms with van der Waals surface area (Å²) in [6, 6.07) is 26.1. The van der Waals surface area contributed by atoms with Gasteiger partial charge in [-0.3, -0.25) is 9.69 Å². The predicted octanol–water partition coefficient (Wildman–Crippen LogP) is 4.77. The molecule has 7 heteroatoms. The standard InChI is InChI=1S/C29H32N4O2S/c1-2-35-24-14-9-15-25-27(24)31-29(36-25)33-20-18-32(19-21-33)17-16-30-28(34)26(22-10-5-3-6-11-22)23-12-7-4-8-13-23/h3-15,26H,2,16-21H2,1H3,(H,30,34). The lowest BCUT2D eigenvalue weighted by Crippen LogP contribution is -2.48. The maximum Gasteiger partial charge on any atom is 0.232 e. The molecule has 36 heavy (non-hydrogen) atoms. The second kappa shape index (κ2) is 11.5. The van der Waals surface area contributed by atoms with Crippen LogP contribution in [0.2, 0.25) is 0 Å². The van der Waals surface area contributed by atoms with Crippen molar-refractivity contribution >= 4 is 32.6 Å². The van der Waals surface area contributed by atoms with Gasteiger partial charge in [0, 0.05) is 39.3 Å². The van der Waals surface area contributed by atoms with Crippen molar-refractivity contribution in [1.29, 1.82) is 0 Å². The van der Waals surface area contributed by atoms with Crippen molar-refractivity contribution < 1.29 is 9.53 Å². The van der Waals surface area contributed by atoms with Crippen molar-refractivity contribution in [2.75, 3.05) is 50.8 Å². The molecule has 2 heterocycles. The number of fused-ring (bicyclic) bond motifs is 1. The quantitative estimate of drug-likeness (QED) is 0.359. The first-order chi connectivity index (χ1) is 17.7. The number of nitrogens with zero attached hydrogens (tertiary/aromatic N) is 3. The molecule has 0 aliphatic carbocycles. The number of nitrogens with one attached hydrogen (secondary N) is 1. The molecular formula is C29H32N4O2S. The molecule has 0 spiro atoms. The molecule has 0 bridgehead atoms. The third-order valence-electron chi connectivity index (χ3n) is 6.57. The Morgan fingerprint density at radius 3 is 2.25 bits per heavy atom. The van der Waals surface area contributed by atoms with E-state index >= 15 is 0 Å². The first-order valence-corrected chi connectivity index (χ1v) is 13.4. The minimum Gasteiger partial charge on any atom is -0.492 e. The Morgan fingerprint density at radius 2 is 1.61 bits per heavy atom. The number of hydrogen-bond acceptors (Lipinski definition) is 6. The third-order valence-corrected chi connectivity index (χ3v) is 7.65. The van der Waals surface area contributed by atoms with Gasteiger partial charge in [0.1, 0.15) is 11.3 Å². The highest BCUT2D eigenvalue weighted by atomic mass is 32.1. The molecule has 1 aliphatic rings.